The summed E-state index contributed by atoms with van der Waals surface area (Å²) in [4.78, 5) is 24.0. The lowest BCUT2D eigenvalue weighted by Gasteiger charge is -2.16. The summed E-state index contributed by atoms with van der Waals surface area (Å²) >= 11 is 0. The average Bonchev–Trinajstić information content (AvgIpc) is 3.45. The fourth-order valence-corrected chi connectivity index (χ4v) is 3.70. The Balaban J connectivity index is 1.36. The SMILES string of the molecule is CN(C)c1ccc(-c2cncc(NC(=O)C3(c4ccc5c(c4)OCO5)CC3)n2)cc1. The summed E-state index contributed by atoms with van der Waals surface area (Å²) in [5, 5.41) is 2.96. The number of benzene rings is 2. The van der Waals surface area contributed by atoms with E-state index < -0.39 is 5.41 Å². The molecule has 1 aliphatic heterocycles. The van der Waals surface area contributed by atoms with Gasteiger partial charge in [-0.3, -0.25) is 9.78 Å². The molecule has 1 aliphatic carbocycles. The molecule has 0 spiro atoms. The molecule has 1 saturated carbocycles. The first-order valence-corrected chi connectivity index (χ1v) is 9.87. The molecule has 0 saturated heterocycles. The molecule has 3 aromatic rings. The highest BCUT2D eigenvalue weighted by atomic mass is 16.7. The summed E-state index contributed by atoms with van der Waals surface area (Å²) in [6.07, 6.45) is 4.85. The molecular weight excluding hydrogens is 380 g/mol. The lowest BCUT2D eigenvalue weighted by molar-refractivity contribution is -0.118. The van der Waals surface area contributed by atoms with Gasteiger partial charge in [0, 0.05) is 25.3 Å². The first-order chi connectivity index (χ1) is 14.5. The third-order valence-electron chi connectivity index (χ3n) is 5.67. The van der Waals surface area contributed by atoms with E-state index >= 15 is 0 Å². The molecule has 7 heteroatoms. The van der Waals surface area contributed by atoms with Gasteiger partial charge >= 0.3 is 0 Å². The number of aromatic nitrogens is 2. The van der Waals surface area contributed by atoms with E-state index in [1.165, 1.54) is 0 Å². The van der Waals surface area contributed by atoms with E-state index in [0.717, 1.165) is 29.7 Å². The highest BCUT2D eigenvalue weighted by molar-refractivity contribution is 6.01. The van der Waals surface area contributed by atoms with Crippen molar-refractivity contribution in [3.05, 3.63) is 60.4 Å². The molecule has 0 atom stereocenters. The number of ether oxygens (including phenoxy) is 2. The Labute approximate surface area is 174 Å². The molecule has 1 fully saturated rings. The molecular formula is C23H22N4O3. The van der Waals surface area contributed by atoms with E-state index in [9.17, 15) is 4.79 Å². The quantitative estimate of drug-likeness (QED) is 0.703. The standard InChI is InChI=1S/C23H22N4O3/c1-27(2)17-6-3-15(4-7-17)18-12-24-13-21(25-18)26-22(28)23(9-10-23)16-5-8-19-20(11-16)30-14-29-19/h3-8,11-13H,9-10,14H2,1-2H3,(H,25,26,28). The predicted molar refractivity (Wildman–Crippen MR) is 114 cm³/mol. The summed E-state index contributed by atoms with van der Waals surface area (Å²) in [6.45, 7) is 0.218. The molecule has 2 aliphatic rings. The minimum Gasteiger partial charge on any atom is -0.454 e. The number of carbonyl (C=O) groups excluding carboxylic acids is 1. The summed E-state index contributed by atoms with van der Waals surface area (Å²) < 4.78 is 10.8. The smallest absolute Gasteiger partial charge is 0.236 e. The van der Waals surface area contributed by atoms with Gasteiger partial charge in [0.25, 0.3) is 0 Å². The van der Waals surface area contributed by atoms with E-state index in [1.807, 2.05) is 61.5 Å². The Morgan fingerprint density at radius 1 is 1.03 bits per heavy atom. The van der Waals surface area contributed by atoms with Crippen molar-refractivity contribution in [3.63, 3.8) is 0 Å². The van der Waals surface area contributed by atoms with Gasteiger partial charge in [-0.2, -0.15) is 0 Å². The molecule has 0 unspecified atom stereocenters. The highest BCUT2D eigenvalue weighted by Gasteiger charge is 2.51. The maximum absolute atomic E-state index is 13.1. The fourth-order valence-electron chi connectivity index (χ4n) is 3.70. The number of hydrogen-bond donors (Lipinski definition) is 1. The summed E-state index contributed by atoms with van der Waals surface area (Å²) in [5.41, 5.74) is 3.15. The zero-order valence-electron chi connectivity index (χ0n) is 16.9. The van der Waals surface area contributed by atoms with E-state index in [4.69, 9.17) is 9.47 Å². The summed E-state index contributed by atoms with van der Waals surface area (Å²) in [5.74, 6) is 1.78. The first-order valence-electron chi connectivity index (χ1n) is 9.87. The van der Waals surface area contributed by atoms with Crippen molar-refractivity contribution in [1.29, 1.82) is 0 Å². The molecule has 0 bridgehead atoms. The zero-order valence-corrected chi connectivity index (χ0v) is 16.9. The maximum atomic E-state index is 13.1. The lowest BCUT2D eigenvalue weighted by Crippen LogP contribution is -2.28. The summed E-state index contributed by atoms with van der Waals surface area (Å²) in [6, 6.07) is 13.8. The van der Waals surface area contributed by atoms with Crippen LogP contribution in [0.2, 0.25) is 0 Å². The minimum absolute atomic E-state index is 0.0734. The topological polar surface area (TPSA) is 76.6 Å². The number of anilines is 2. The number of amides is 1. The van der Waals surface area contributed by atoms with Crippen LogP contribution in [-0.4, -0.2) is 36.8 Å². The molecule has 2 aromatic carbocycles. The monoisotopic (exact) mass is 402 g/mol. The largest absolute Gasteiger partial charge is 0.454 e. The first kappa shape index (κ1) is 18.4. The molecule has 1 amide bonds. The van der Waals surface area contributed by atoms with Gasteiger partial charge < -0.3 is 19.7 Å². The number of nitrogens with zero attached hydrogens (tertiary/aromatic N) is 3. The summed E-state index contributed by atoms with van der Waals surface area (Å²) in [7, 11) is 4.00. The molecule has 1 aromatic heterocycles. The number of carbonyl (C=O) groups is 1. The van der Waals surface area contributed by atoms with Gasteiger partial charge in [0.05, 0.1) is 23.5 Å². The van der Waals surface area contributed by atoms with Gasteiger partial charge in [0.15, 0.2) is 17.3 Å². The van der Waals surface area contributed by atoms with Crippen LogP contribution in [-0.2, 0) is 10.2 Å². The second kappa shape index (κ2) is 7.02. The minimum atomic E-state index is -0.550. The molecule has 7 nitrogen and oxygen atoms in total. The van der Waals surface area contributed by atoms with E-state index in [2.05, 4.69) is 15.3 Å². The normalized spacial score (nSPS) is 15.5. The Morgan fingerprint density at radius 3 is 2.53 bits per heavy atom. The van der Waals surface area contributed by atoms with Crippen LogP contribution >= 0.6 is 0 Å². The van der Waals surface area contributed by atoms with Gasteiger partial charge in [0.1, 0.15) is 0 Å². The van der Waals surface area contributed by atoms with E-state index in [0.29, 0.717) is 23.0 Å². The van der Waals surface area contributed by atoms with Crippen molar-refractivity contribution in [2.24, 2.45) is 0 Å². The zero-order chi connectivity index (χ0) is 20.7. The van der Waals surface area contributed by atoms with Gasteiger partial charge in [-0.1, -0.05) is 18.2 Å². The van der Waals surface area contributed by atoms with Crippen molar-refractivity contribution in [2.75, 3.05) is 31.1 Å². The Hall–Kier alpha value is -3.61. The van der Waals surface area contributed by atoms with Crippen LogP contribution in [0.1, 0.15) is 18.4 Å². The van der Waals surface area contributed by atoms with Gasteiger partial charge in [0.2, 0.25) is 12.7 Å². The second-order valence-corrected chi connectivity index (χ2v) is 7.84. The second-order valence-electron chi connectivity index (χ2n) is 7.84. The highest BCUT2D eigenvalue weighted by Crippen LogP contribution is 2.51. The number of hydrogen-bond acceptors (Lipinski definition) is 6. The molecule has 5 rings (SSSR count). The van der Waals surface area contributed by atoms with Gasteiger partial charge in [-0.05, 0) is 42.7 Å². The van der Waals surface area contributed by atoms with Crippen molar-refractivity contribution >= 4 is 17.4 Å². The van der Waals surface area contributed by atoms with Crippen LogP contribution < -0.4 is 19.7 Å². The molecule has 152 valence electrons. The van der Waals surface area contributed by atoms with Gasteiger partial charge in [-0.25, -0.2) is 4.98 Å². The van der Waals surface area contributed by atoms with Crippen LogP contribution in [0.25, 0.3) is 11.3 Å². The average molecular weight is 402 g/mol. The third kappa shape index (κ3) is 3.22. The fraction of sp³-hybridized carbons (Fsp3) is 0.261. The van der Waals surface area contributed by atoms with Crippen LogP contribution in [0.15, 0.2) is 54.9 Å². The predicted octanol–water partition coefficient (Wildman–Crippen LogP) is 3.61. The molecule has 30 heavy (non-hydrogen) atoms. The van der Waals surface area contributed by atoms with E-state index in [1.54, 1.807) is 12.4 Å². The van der Waals surface area contributed by atoms with E-state index in [-0.39, 0.29) is 12.7 Å². The lowest BCUT2D eigenvalue weighted by atomic mass is 9.94. The molecule has 1 N–H and O–H groups in total. The third-order valence-corrected chi connectivity index (χ3v) is 5.67. The van der Waals surface area contributed by atoms with Crippen LogP contribution in [0.3, 0.4) is 0 Å². The molecule has 2 heterocycles. The van der Waals surface area contributed by atoms with Crippen LogP contribution in [0.5, 0.6) is 11.5 Å². The van der Waals surface area contributed by atoms with Crippen LogP contribution in [0.4, 0.5) is 11.5 Å². The Bertz CT molecular complexity index is 1110. The van der Waals surface area contributed by atoms with Crippen molar-refractivity contribution in [3.8, 4) is 22.8 Å². The number of nitrogens with one attached hydrogen (secondary N) is 1. The van der Waals surface area contributed by atoms with Crippen molar-refractivity contribution in [1.82, 2.24) is 9.97 Å². The number of rotatable bonds is 5. The maximum Gasteiger partial charge on any atom is 0.236 e. The number of fused-ring (bicyclic) bond motifs is 1. The van der Waals surface area contributed by atoms with Crippen molar-refractivity contribution < 1.29 is 14.3 Å². The van der Waals surface area contributed by atoms with Crippen molar-refractivity contribution in [2.45, 2.75) is 18.3 Å². The van der Waals surface area contributed by atoms with Crippen LogP contribution in [0, 0.1) is 0 Å². The Morgan fingerprint density at radius 2 is 1.80 bits per heavy atom. The Kier molecular flexibility index (Phi) is 4.31. The molecule has 0 radical (unpaired) electrons. The van der Waals surface area contributed by atoms with Gasteiger partial charge in [-0.15, -0.1) is 0 Å².